The summed E-state index contributed by atoms with van der Waals surface area (Å²) in [4.78, 5) is 11.4. The van der Waals surface area contributed by atoms with Crippen LogP contribution in [0.3, 0.4) is 0 Å². The zero-order valence-corrected chi connectivity index (χ0v) is 10.6. The number of halogens is 1. The molecule has 3 heteroatoms. The molecule has 0 bridgehead atoms. The molecule has 0 aromatic heterocycles. The molecule has 0 amide bonds. The van der Waals surface area contributed by atoms with Crippen LogP contribution in [0.4, 0.5) is 4.39 Å². The number of methoxy groups -OCH3 is 1. The largest absolute Gasteiger partial charge is 0.494 e. The minimum absolute atomic E-state index is 0.0603. The van der Waals surface area contributed by atoms with Gasteiger partial charge >= 0.3 is 0 Å². The number of carbonyl (C=O) groups excluding carboxylic acids is 1. The van der Waals surface area contributed by atoms with E-state index in [4.69, 9.17) is 4.74 Å². The van der Waals surface area contributed by atoms with Gasteiger partial charge < -0.3 is 4.74 Å². The van der Waals surface area contributed by atoms with Gasteiger partial charge in [-0.25, -0.2) is 4.39 Å². The fourth-order valence-electron chi connectivity index (χ4n) is 1.65. The molecular weight excluding hydrogens is 219 g/mol. The summed E-state index contributed by atoms with van der Waals surface area (Å²) in [6.45, 7) is 3.77. The minimum atomic E-state index is -0.313. The molecule has 1 aromatic carbocycles. The van der Waals surface area contributed by atoms with Crippen molar-refractivity contribution in [2.75, 3.05) is 7.11 Å². The standard InChI is InChI=1S/C14H19FO2/c1-10(2)12(16)8-4-6-11-7-5-9-13(17-3)14(11)15/h5,7,9-10H,4,6,8H2,1-3H3. The van der Waals surface area contributed by atoms with Crippen molar-refractivity contribution in [2.24, 2.45) is 5.92 Å². The molecule has 1 aromatic rings. The van der Waals surface area contributed by atoms with Crippen molar-refractivity contribution in [3.63, 3.8) is 0 Å². The van der Waals surface area contributed by atoms with E-state index in [1.54, 1.807) is 18.2 Å². The zero-order valence-electron chi connectivity index (χ0n) is 10.6. The fraction of sp³-hybridized carbons (Fsp3) is 0.500. The van der Waals surface area contributed by atoms with E-state index in [0.717, 1.165) is 0 Å². The Labute approximate surface area is 102 Å². The summed E-state index contributed by atoms with van der Waals surface area (Å²) in [7, 11) is 1.45. The van der Waals surface area contributed by atoms with E-state index in [9.17, 15) is 9.18 Å². The second-order valence-electron chi connectivity index (χ2n) is 4.41. The van der Waals surface area contributed by atoms with Crippen molar-refractivity contribution in [3.8, 4) is 5.75 Å². The Morgan fingerprint density at radius 2 is 2.12 bits per heavy atom. The number of rotatable bonds is 6. The summed E-state index contributed by atoms with van der Waals surface area (Å²) in [6, 6.07) is 5.09. The van der Waals surface area contributed by atoms with E-state index in [-0.39, 0.29) is 23.3 Å². The second-order valence-corrected chi connectivity index (χ2v) is 4.41. The van der Waals surface area contributed by atoms with Crippen molar-refractivity contribution in [1.82, 2.24) is 0 Å². The molecule has 2 nitrogen and oxygen atoms in total. The highest BCUT2D eigenvalue weighted by Crippen LogP contribution is 2.21. The molecule has 0 fully saturated rings. The number of aryl methyl sites for hydroxylation is 1. The van der Waals surface area contributed by atoms with Crippen LogP contribution in [0.25, 0.3) is 0 Å². The molecule has 1 rings (SSSR count). The lowest BCUT2D eigenvalue weighted by molar-refractivity contribution is -0.121. The summed E-state index contributed by atoms with van der Waals surface area (Å²) in [5.74, 6) is 0.239. The van der Waals surface area contributed by atoms with E-state index in [2.05, 4.69) is 0 Å². The fourth-order valence-corrected chi connectivity index (χ4v) is 1.65. The van der Waals surface area contributed by atoms with Crippen LogP contribution in [-0.2, 0) is 11.2 Å². The number of hydrogen-bond acceptors (Lipinski definition) is 2. The molecule has 0 aliphatic heterocycles. The normalized spacial score (nSPS) is 10.6. The Morgan fingerprint density at radius 3 is 2.71 bits per heavy atom. The third-order valence-electron chi connectivity index (χ3n) is 2.78. The molecule has 0 atom stereocenters. The van der Waals surface area contributed by atoms with Gasteiger partial charge in [-0.2, -0.15) is 0 Å². The van der Waals surface area contributed by atoms with Gasteiger partial charge in [-0.3, -0.25) is 4.79 Å². The number of hydrogen-bond donors (Lipinski definition) is 0. The topological polar surface area (TPSA) is 26.3 Å². The van der Waals surface area contributed by atoms with Gasteiger partial charge in [0.05, 0.1) is 7.11 Å². The highest BCUT2D eigenvalue weighted by molar-refractivity contribution is 5.80. The summed E-state index contributed by atoms with van der Waals surface area (Å²) >= 11 is 0. The SMILES string of the molecule is COc1cccc(CCCC(=O)C(C)C)c1F. The number of carbonyl (C=O) groups is 1. The quantitative estimate of drug-likeness (QED) is 0.759. The van der Waals surface area contributed by atoms with Crippen LogP contribution in [0.1, 0.15) is 32.3 Å². The van der Waals surface area contributed by atoms with Crippen LogP contribution in [-0.4, -0.2) is 12.9 Å². The van der Waals surface area contributed by atoms with Crippen molar-refractivity contribution < 1.29 is 13.9 Å². The smallest absolute Gasteiger partial charge is 0.168 e. The number of benzene rings is 1. The van der Waals surface area contributed by atoms with Gasteiger partial charge in [0, 0.05) is 12.3 Å². The molecule has 94 valence electrons. The van der Waals surface area contributed by atoms with Crippen LogP contribution < -0.4 is 4.74 Å². The van der Waals surface area contributed by atoms with Gasteiger partial charge in [0.2, 0.25) is 0 Å². The number of ketones is 1. The molecule has 0 unspecified atom stereocenters. The van der Waals surface area contributed by atoms with Gasteiger partial charge in [-0.15, -0.1) is 0 Å². The van der Waals surface area contributed by atoms with Crippen LogP contribution in [0.2, 0.25) is 0 Å². The Hall–Kier alpha value is -1.38. The van der Waals surface area contributed by atoms with Crippen molar-refractivity contribution in [2.45, 2.75) is 33.1 Å². The van der Waals surface area contributed by atoms with Crippen molar-refractivity contribution >= 4 is 5.78 Å². The Kier molecular flexibility index (Phi) is 5.13. The lowest BCUT2D eigenvalue weighted by atomic mass is 10.0. The first-order valence-electron chi connectivity index (χ1n) is 5.90. The summed E-state index contributed by atoms with van der Waals surface area (Å²) in [5.41, 5.74) is 0.612. The summed E-state index contributed by atoms with van der Waals surface area (Å²) in [5, 5.41) is 0. The summed E-state index contributed by atoms with van der Waals surface area (Å²) < 4.78 is 18.7. The maximum absolute atomic E-state index is 13.7. The van der Waals surface area contributed by atoms with E-state index >= 15 is 0 Å². The highest BCUT2D eigenvalue weighted by Gasteiger charge is 2.10. The second kappa shape index (κ2) is 6.38. The first kappa shape index (κ1) is 13.7. The monoisotopic (exact) mass is 238 g/mol. The molecule has 0 heterocycles. The molecular formula is C14H19FO2. The molecule has 0 saturated carbocycles. The van der Waals surface area contributed by atoms with Gasteiger partial charge in [-0.1, -0.05) is 26.0 Å². The Bertz CT molecular complexity index is 386. The third kappa shape index (κ3) is 3.84. The first-order chi connectivity index (χ1) is 8.06. The van der Waals surface area contributed by atoms with E-state index in [1.165, 1.54) is 7.11 Å². The average molecular weight is 238 g/mol. The molecule has 0 saturated heterocycles. The lowest BCUT2D eigenvalue weighted by Crippen LogP contribution is -2.07. The van der Waals surface area contributed by atoms with Gasteiger partial charge in [0.15, 0.2) is 11.6 Å². The van der Waals surface area contributed by atoms with Crippen LogP contribution >= 0.6 is 0 Å². The van der Waals surface area contributed by atoms with Gasteiger partial charge in [0.25, 0.3) is 0 Å². The third-order valence-corrected chi connectivity index (χ3v) is 2.78. The van der Waals surface area contributed by atoms with Gasteiger partial charge in [-0.05, 0) is 24.5 Å². The highest BCUT2D eigenvalue weighted by atomic mass is 19.1. The van der Waals surface area contributed by atoms with E-state index < -0.39 is 0 Å². The maximum Gasteiger partial charge on any atom is 0.168 e. The van der Waals surface area contributed by atoms with Crippen LogP contribution in [0.15, 0.2) is 18.2 Å². The average Bonchev–Trinajstić information content (AvgIpc) is 2.31. The first-order valence-corrected chi connectivity index (χ1v) is 5.90. The number of ether oxygens (including phenoxy) is 1. The minimum Gasteiger partial charge on any atom is -0.494 e. The van der Waals surface area contributed by atoms with E-state index in [1.807, 2.05) is 13.8 Å². The molecule has 0 radical (unpaired) electrons. The molecule has 0 aliphatic rings. The molecule has 0 aliphatic carbocycles. The lowest BCUT2D eigenvalue weighted by Gasteiger charge is -2.07. The summed E-state index contributed by atoms with van der Waals surface area (Å²) in [6.07, 6.45) is 1.76. The molecule has 0 spiro atoms. The van der Waals surface area contributed by atoms with Crippen LogP contribution in [0, 0.1) is 11.7 Å². The Balaban J connectivity index is 2.55. The maximum atomic E-state index is 13.7. The van der Waals surface area contributed by atoms with Crippen molar-refractivity contribution in [1.29, 1.82) is 0 Å². The number of Topliss-reactive ketones (excluding diaryl/α,β-unsaturated/α-hetero) is 1. The van der Waals surface area contributed by atoms with Crippen LogP contribution in [0.5, 0.6) is 5.75 Å². The van der Waals surface area contributed by atoms with Crippen molar-refractivity contribution in [3.05, 3.63) is 29.6 Å². The Morgan fingerprint density at radius 1 is 1.41 bits per heavy atom. The van der Waals surface area contributed by atoms with Gasteiger partial charge in [0.1, 0.15) is 5.78 Å². The zero-order chi connectivity index (χ0) is 12.8. The molecule has 0 N–H and O–H groups in total. The predicted octanol–water partition coefficient (Wildman–Crippen LogP) is 3.38. The molecule has 17 heavy (non-hydrogen) atoms. The predicted molar refractivity (Wildman–Crippen MR) is 65.7 cm³/mol. The van der Waals surface area contributed by atoms with E-state index in [0.29, 0.717) is 24.8 Å².